The minimum absolute atomic E-state index is 0.148. The van der Waals surface area contributed by atoms with Gasteiger partial charge in [0.15, 0.2) is 27.2 Å². The van der Waals surface area contributed by atoms with Gasteiger partial charge in [0.25, 0.3) is 0 Å². The molecule has 2 aromatic carbocycles. The smallest absolute Gasteiger partial charge is 0.416 e. The molecule has 2 rings (SSSR count). The minimum Gasteiger partial charge on any atom is -0.454 e. The molecule has 0 fully saturated rings. The summed E-state index contributed by atoms with van der Waals surface area (Å²) in [5.41, 5.74) is -4.47. The van der Waals surface area contributed by atoms with Crippen LogP contribution >= 0.6 is 0 Å². The molecule has 2 aromatic rings. The van der Waals surface area contributed by atoms with Gasteiger partial charge in [-0.25, -0.2) is 17.2 Å². The van der Waals surface area contributed by atoms with Crippen LogP contribution in [-0.4, -0.2) is 26.2 Å². The quantitative estimate of drug-likeness (QED) is 0.463. The summed E-state index contributed by atoms with van der Waals surface area (Å²) in [6.45, 7) is 0. The molecule has 0 radical (unpaired) electrons. The van der Waals surface area contributed by atoms with Gasteiger partial charge in [-0.2, -0.15) is 26.3 Å². The maximum Gasteiger partial charge on any atom is 0.416 e. The highest BCUT2D eigenvalue weighted by Gasteiger charge is 2.37. The Hall–Kier alpha value is -2.70. The lowest BCUT2D eigenvalue weighted by Crippen LogP contribution is -2.16. The Kier molecular flexibility index (Phi) is 6.17. The largest absolute Gasteiger partial charge is 0.454 e. The maximum atomic E-state index is 14.1. The third-order valence-corrected chi connectivity index (χ3v) is 4.29. The van der Waals surface area contributed by atoms with Crippen LogP contribution in [0.5, 0.6) is 11.5 Å². The number of Topliss-reactive ketones (excluding diaryl/α,β-unsaturated/α-hetero) is 1. The van der Waals surface area contributed by atoms with Crippen LogP contribution < -0.4 is 4.74 Å². The van der Waals surface area contributed by atoms with E-state index < -0.39 is 73.5 Å². The maximum absolute atomic E-state index is 14.1. The molecule has 0 aliphatic carbocycles. The van der Waals surface area contributed by atoms with Crippen molar-refractivity contribution in [3.8, 4) is 11.5 Å². The van der Waals surface area contributed by atoms with Gasteiger partial charge < -0.3 is 4.74 Å². The zero-order valence-corrected chi connectivity index (χ0v) is 15.5. The Morgan fingerprint density at radius 3 is 1.80 bits per heavy atom. The second-order valence-electron chi connectivity index (χ2n) is 6.10. The fraction of sp³-hybridized carbons (Fsp3) is 0.235. The molecular formula is C17H10F8O4S. The highest BCUT2D eigenvalue weighted by molar-refractivity contribution is 7.91. The average Bonchev–Trinajstić information content (AvgIpc) is 2.54. The number of carbonyl (C=O) groups is 1. The van der Waals surface area contributed by atoms with Crippen molar-refractivity contribution in [1.29, 1.82) is 0 Å². The van der Waals surface area contributed by atoms with Crippen LogP contribution in [0.1, 0.15) is 21.5 Å². The summed E-state index contributed by atoms with van der Waals surface area (Å²) < 4.78 is 132. The Morgan fingerprint density at radius 1 is 0.867 bits per heavy atom. The highest BCUT2D eigenvalue weighted by atomic mass is 32.2. The second-order valence-corrected chi connectivity index (χ2v) is 8.24. The molecule has 164 valence electrons. The Balaban J connectivity index is 2.48. The van der Waals surface area contributed by atoms with Crippen molar-refractivity contribution >= 4 is 15.6 Å². The van der Waals surface area contributed by atoms with Crippen molar-refractivity contribution in [3.63, 3.8) is 0 Å². The summed E-state index contributed by atoms with van der Waals surface area (Å²) in [5.74, 6) is -7.66. The van der Waals surface area contributed by atoms with Crippen molar-refractivity contribution in [1.82, 2.24) is 0 Å². The molecule has 30 heavy (non-hydrogen) atoms. The topological polar surface area (TPSA) is 60.4 Å². The van der Waals surface area contributed by atoms with E-state index in [1.807, 2.05) is 0 Å². The lowest BCUT2D eigenvalue weighted by atomic mass is 10.1. The van der Waals surface area contributed by atoms with Gasteiger partial charge in [0, 0.05) is 12.3 Å². The van der Waals surface area contributed by atoms with E-state index >= 15 is 0 Å². The van der Waals surface area contributed by atoms with E-state index in [4.69, 9.17) is 0 Å². The summed E-state index contributed by atoms with van der Waals surface area (Å²) in [4.78, 5) is 11.7. The van der Waals surface area contributed by atoms with Crippen LogP contribution in [0, 0.1) is 11.6 Å². The molecule has 0 aromatic heterocycles. The summed E-state index contributed by atoms with van der Waals surface area (Å²) >= 11 is 0. The van der Waals surface area contributed by atoms with Crippen LogP contribution in [0.3, 0.4) is 0 Å². The average molecular weight is 462 g/mol. The third-order valence-electron chi connectivity index (χ3n) is 3.50. The number of benzene rings is 2. The molecule has 0 saturated carbocycles. The van der Waals surface area contributed by atoms with Gasteiger partial charge in [-0.15, -0.1) is 0 Å². The molecular weight excluding hydrogens is 452 g/mol. The first-order valence-corrected chi connectivity index (χ1v) is 9.71. The normalized spacial score (nSPS) is 12.7. The molecule has 0 heterocycles. The number of sulfone groups is 1. The van der Waals surface area contributed by atoms with E-state index in [0.29, 0.717) is 6.26 Å². The molecule has 0 atom stereocenters. The number of ether oxygens (including phenoxy) is 1. The monoisotopic (exact) mass is 462 g/mol. The first-order valence-electron chi connectivity index (χ1n) is 7.64. The van der Waals surface area contributed by atoms with Crippen molar-refractivity contribution in [2.75, 3.05) is 12.0 Å². The van der Waals surface area contributed by atoms with Crippen LogP contribution in [-0.2, 0) is 22.2 Å². The van der Waals surface area contributed by atoms with E-state index in [0.717, 1.165) is 0 Å². The number of carbonyl (C=O) groups excluding carboxylic acids is 1. The molecule has 0 saturated heterocycles. The SMILES string of the molecule is CS(=O)(=O)CC(=O)c1cc(F)c(Oc2cc(C(F)(F)F)cc(C(F)(F)F)c2)cc1F. The van der Waals surface area contributed by atoms with E-state index in [9.17, 15) is 48.3 Å². The first-order chi connectivity index (χ1) is 13.5. The predicted molar refractivity (Wildman–Crippen MR) is 86.9 cm³/mol. The standard InChI is InChI=1S/C17H10F8O4S/c1-30(27,28)7-14(26)11-5-13(19)15(6-12(11)18)29-10-3-8(16(20,21)22)2-9(4-10)17(23,24)25/h2-6H,7H2,1H3. The summed E-state index contributed by atoms with van der Waals surface area (Å²) in [6, 6.07) is 0.552. The van der Waals surface area contributed by atoms with Crippen molar-refractivity contribution in [2.24, 2.45) is 0 Å². The van der Waals surface area contributed by atoms with Gasteiger partial charge in [0.05, 0.1) is 16.7 Å². The zero-order valence-electron chi connectivity index (χ0n) is 14.7. The fourth-order valence-corrected chi connectivity index (χ4v) is 2.88. The number of alkyl halides is 6. The number of hydrogen-bond acceptors (Lipinski definition) is 4. The summed E-state index contributed by atoms with van der Waals surface area (Å²) in [6.07, 6.45) is -9.71. The van der Waals surface area contributed by atoms with Crippen molar-refractivity contribution < 1.29 is 53.1 Å². The second kappa shape index (κ2) is 7.85. The summed E-state index contributed by atoms with van der Waals surface area (Å²) in [5, 5.41) is 0. The van der Waals surface area contributed by atoms with Gasteiger partial charge in [-0.3, -0.25) is 4.79 Å². The van der Waals surface area contributed by atoms with E-state index in [-0.39, 0.29) is 30.3 Å². The zero-order chi connectivity index (χ0) is 23.1. The van der Waals surface area contributed by atoms with E-state index in [1.165, 1.54) is 0 Å². The lowest BCUT2D eigenvalue weighted by Gasteiger charge is -2.15. The molecule has 13 heteroatoms. The molecule has 0 bridgehead atoms. The molecule has 0 aliphatic rings. The number of rotatable bonds is 5. The number of halogens is 8. The highest BCUT2D eigenvalue weighted by Crippen LogP contribution is 2.39. The van der Waals surface area contributed by atoms with Crippen LogP contribution in [0.4, 0.5) is 35.1 Å². The van der Waals surface area contributed by atoms with Crippen LogP contribution in [0.2, 0.25) is 0 Å². The van der Waals surface area contributed by atoms with Crippen LogP contribution in [0.15, 0.2) is 30.3 Å². The Morgan fingerprint density at radius 2 is 1.37 bits per heavy atom. The third kappa shape index (κ3) is 5.90. The van der Waals surface area contributed by atoms with E-state index in [1.54, 1.807) is 0 Å². The molecule has 0 unspecified atom stereocenters. The minimum atomic E-state index is -5.19. The predicted octanol–water partition coefficient (Wildman–Crippen LogP) is 5.02. The Labute approximate surface area is 164 Å². The fourth-order valence-electron chi connectivity index (χ4n) is 2.25. The van der Waals surface area contributed by atoms with Gasteiger partial charge in [0.1, 0.15) is 17.3 Å². The van der Waals surface area contributed by atoms with E-state index in [2.05, 4.69) is 4.74 Å². The molecule has 0 N–H and O–H groups in total. The van der Waals surface area contributed by atoms with Crippen molar-refractivity contribution in [2.45, 2.75) is 12.4 Å². The van der Waals surface area contributed by atoms with Crippen molar-refractivity contribution in [3.05, 3.63) is 58.7 Å². The number of ketones is 1. The summed E-state index contributed by atoms with van der Waals surface area (Å²) in [7, 11) is -3.88. The Bertz CT molecular complexity index is 1060. The molecule has 0 spiro atoms. The number of hydrogen-bond donors (Lipinski definition) is 0. The lowest BCUT2D eigenvalue weighted by molar-refractivity contribution is -0.143. The van der Waals surface area contributed by atoms with Gasteiger partial charge >= 0.3 is 12.4 Å². The molecule has 0 amide bonds. The molecule has 0 aliphatic heterocycles. The van der Waals surface area contributed by atoms with Gasteiger partial charge in [-0.05, 0) is 24.3 Å². The van der Waals surface area contributed by atoms with Gasteiger partial charge in [0.2, 0.25) is 0 Å². The first kappa shape index (κ1) is 23.6. The van der Waals surface area contributed by atoms with Crippen LogP contribution in [0.25, 0.3) is 0 Å². The molecule has 4 nitrogen and oxygen atoms in total. The van der Waals surface area contributed by atoms with Gasteiger partial charge in [-0.1, -0.05) is 0 Å².